The van der Waals surface area contributed by atoms with Gasteiger partial charge in [-0.15, -0.1) is 0 Å². The van der Waals surface area contributed by atoms with Crippen LogP contribution in [0.5, 0.6) is 28.7 Å². The van der Waals surface area contributed by atoms with E-state index in [4.69, 9.17) is 24.7 Å². The van der Waals surface area contributed by atoms with Crippen molar-refractivity contribution in [3.05, 3.63) is 76.9 Å². The molecule has 6 rings (SSSR count). The van der Waals surface area contributed by atoms with Gasteiger partial charge in [-0.1, -0.05) is 18.2 Å². The molecule has 228 valence electrons. The summed E-state index contributed by atoms with van der Waals surface area (Å²) < 4.78 is 24.0. The Morgan fingerprint density at radius 3 is 2.67 bits per heavy atom. The summed E-state index contributed by atoms with van der Waals surface area (Å²) in [5.74, 6) is 3.12. The highest BCUT2D eigenvalue weighted by molar-refractivity contribution is 5.78. The quantitative estimate of drug-likeness (QED) is 0.393. The van der Waals surface area contributed by atoms with Crippen molar-refractivity contribution in [1.29, 1.82) is 0 Å². The Balaban J connectivity index is 1.59. The van der Waals surface area contributed by atoms with Crippen molar-refractivity contribution in [2.24, 2.45) is 5.73 Å². The molecule has 3 N–H and O–H groups in total. The van der Waals surface area contributed by atoms with Crippen LogP contribution in [-0.4, -0.2) is 57.2 Å². The summed E-state index contributed by atoms with van der Waals surface area (Å²) in [6.45, 7) is 2.04. The zero-order chi connectivity index (χ0) is 30.2. The molecule has 9 heteroatoms. The molecule has 1 atom stereocenters. The standard InChI is InChI=1S/C34H41N3O6/c1-40-28-12-11-25-21-30(28)42-18-6-16-36-32(38)13-10-23-7-5-8-26(19-23)43-31-20-24-14-17-37(33(39)9-3-4-15-35)34(25)27(24)22-29(31)41-2/h5,7-8,11-12,19-22,34H,3-4,6,9-10,13-18,35H2,1-2H3,(H,36,38). The summed E-state index contributed by atoms with van der Waals surface area (Å²) in [5, 5.41) is 2.98. The van der Waals surface area contributed by atoms with E-state index in [2.05, 4.69) is 5.32 Å². The maximum atomic E-state index is 13.6. The molecule has 3 heterocycles. The van der Waals surface area contributed by atoms with Crippen LogP contribution >= 0.6 is 0 Å². The number of methoxy groups -OCH3 is 2. The number of benzene rings is 3. The van der Waals surface area contributed by atoms with Crippen LogP contribution in [0.25, 0.3) is 0 Å². The lowest BCUT2D eigenvalue weighted by molar-refractivity contribution is -0.133. The average Bonchev–Trinajstić information content (AvgIpc) is 3.02. The Morgan fingerprint density at radius 2 is 1.86 bits per heavy atom. The molecule has 0 radical (unpaired) electrons. The van der Waals surface area contributed by atoms with Gasteiger partial charge in [-0.05, 0) is 97.3 Å². The van der Waals surface area contributed by atoms with Gasteiger partial charge in [0, 0.05) is 25.9 Å². The molecule has 0 aromatic heterocycles. The SMILES string of the molecule is COc1ccc2cc1OCCCNC(=O)CCc1cccc(c1)Oc1cc3c(cc1OC)C2N(C(=O)CCCCN)CC3. The van der Waals surface area contributed by atoms with Gasteiger partial charge in [-0.3, -0.25) is 9.59 Å². The highest BCUT2D eigenvalue weighted by Gasteiger charge is 2.34. The first-order chi connectivity index (χ1) is 21.0. The smallest absolute Gasteiger partial charge is 0.223 e. The molecular weight excluding hydrogens is 546 g/mol. The zero-order valence-corrected chi connectivity index (χ0v) is 25.0. The number of unbranched alkanes of at least 4 members (excludes halogenated alkanes) is 1. The van der Waals surface area contributed by atoms with Crippen LogP contribution in [-0.2, 0) is 22.4 Å². The van der Waals surface area contributed by atoms with Crippen molar-refractivity contribution in [1.82, 2.24) is 10.2 Å². The van der Waals surface area contributed by atoms with E-state index < -0.39 is 0 Å². The van der Waals surface area contributed by atoms with Gasteiger partial charge in [0.25, 0.3) is 0 Å². The average molecular weight is 588 g/mol. The maximum Gasteiger partial charge on any atom is 0.223 e. The molecule has 1 unspecified atom stereocenters. The van der Waals surface area contributed by atoms with Crippen molar-refractivity contribution in [3.63, 3.8) is 0 Å². The predicted molar refractivity (Wildman–Crippen MR) is 164 cm³/mol. The maximum absolute atomic E-state index is 13.6. The second-order valence-corrected chi connectivity index (χ2v) is 10.9. The summed E-state index contributed by atoms with van der Waals surface area (Å²) >= 11 is 0. The molecule has 0 saturated heterocycles. The molecule has 9 nitrogen and oxygen atoms in total. The van der Waals surface area contributed by atoms with E-state index in [1.807, 2.05) is 59.5 Å². The molecule has 2 amide bonds. The first kappa shape index (κ1) is 30.2. The highest BCUT2D eigenvalue weighted by Crippen LogP contribution is 2.44. The Hall–Kier alpha value is -4.24. The third kappa shape index (κ3) is 7.22. The lowest BCUT2D eigenvalue weighted by Gasteiger charge is -2.38. The number of hydrogen-bond donors (Lipinski definition) is 2. The Bertz CT molecular complexity index is 1440. The van der Waals surface area contributed by atoms with Gasteiger partial charge in [-0.2, -0.15) is 0 Å². The van der Waals surface area contributed by atoms with E-state index >= 15 is 0 Å². The zero-order valence-electron chi connectivity index (χ0n) is 25.0. The molecular formula is C34H41N3O6. The van der Waals surface area contributed by atoms with Crippen LogP contribution < -0.4 is 30.0 Å². The van der Waals surface area contributed by atoms with Gasteiger partial charge in [0.2, 0.25) is 11.8 Å². The number of nitrogens with zero attached hydrogens (tertiary/aromatic N) is 1. The molecule has 3 aromatic carbocycles. The van der Waals surface area contributed by atoms with Crippen molar-refractivity contribution < 1.29 is 28.5 Å². The van der Waals surface area contributed by atoms with Crippen molar-refractivity contribution in [3.8, 4) is 28.7 Å². The minimum absolute atomic E-state index is 0.0107. The van der Waals surface area contributed by atoms with Crippen LogP contribution in [0.1, 0.15) is 60.4 Å². The summed E-state index contributed by atoms with van der Waals surface area (Å²) in [6, 6.07) is 17.3. The number of amides is 2. The molecule has 3 aliphatic heterocycles. The van der Waals surface area contributed by atoms with E-state index in [1.54, 1.807) is 14.2 Å². The lowest BCUT2D eigenvalue weighted by Crippen LogP contribution is -2.40. The fourth-order valence-corrected chi connectivity index (χ4v) is 5.75. The molecule has 43 heavy (non-hydrogen) atoms. The lowest BCUT2D eigenvalue weighted by atomic mass is 9.87. The fourth-order valence-electron chi connectivity index (χ4n) is 5.75. The first-order valence-corrected chi connectivity index (χ1v) is 15.0. The highest BCUT2D eigenvalue weighted by atomic mass is 16.5. The number of ether oxygens (including phenoxy) is 4. The van der Waals surface area contributed by atoms with Gasteiger partial charge >= 0.3 is 0 Å². The number of rotatable bonds is 6. The third-order valence-electron chi connectivity index (χ3n) is 7.99. The van der Waals surface area contributed by atoms with Crippen molar-refractivity contribution >= 4 is 11.8 Å². The summed E-state index contributed by atoms with van der Waals surface area (Å²) in [4.78, 5) is 28.1. The Labute approximate surface area is 253 Å². The number of hydrogen-bond acceptors (Lipinski definition) is 7. The van der Waals surface area contributed by atoms with Gasteiger partial charge < -0.3 is 34.9 Å². The van der Waals surface area contributed by atoms with E-state index in [-0.39, 0.29) is 17.9 Å². The van der Waals surface area contributed by atoms with Crippen molar-refractivity contribution in [2.75, 3.05) is 40.5 Å². The molecule has 0 aliphatic carbocycles. The number of nitrogens with two attached hydrogens (primary N) is 1. The number of carbonyl (C=O) groups excluding carboxylic acids is 2. The topological polar surface area (TPSA) is 112 Å². The molecule has 3 aliphatic rings. The second kappa shape index (κ2) is 14.3. The van der Waals surface area contributed by atoms with Crippen LogP contribution in [0.4, 0.5) is 0 Å². The monoisotopic (exact) mass is 587 g/mol. The Morgan fingerprint density at radius 1 is 1.00 bits per heavy atom. The van der Waals surface area contributed by atoms with E-state index in [1.165, 1.54) is 0 Å². The van der Waals surface area contributed by atoms with Gasteiger partial charge in [0.1, 0.15) is 5.75 Å². The van der Waals surface area contributed by atoms with Crippen LogP contribution in [0.15, 0.2) is 54.6 Å². The fraction of sp³-hybridized carbons (Fsp3) is 0.412. The van der Waals surface area contributed by atoms with Crippen molar-refractivity contribution in [2.45, 2.75) is 51.0 Å². The second-order valence-electron chi connectivity index (χ2n) is 10.9. The minimum Gasteiger partial charge on any atom is -0.493 e. The van der Waals surface area contributed by atoms with Gasteiger partial charge in [0.15, 0.2) is 23.0 Å². The number of aryl methyl sites for hydroxylation is 1. The first-order valence-electron chi connectivity index (χ1n) is 15.0. The number of nitrogens with one attached hydrogen (secondary N) is 1. The molecule has 0 saturated carbocycles. The van der Waals surface area contributed by atoms with Crippen LogP contribution in [0.3, 0.4) is 0 Å². The molecule has 8 bridgehead atoms. The van der Waals surface area contributed by atoms with E-state index in [9.17, 15) is 9.59 Å². The molecule has 0 spiro atoms. The normalized spacial score (nSPS) is 16.9. The summed E-state index contributed by atoms with van der Waals surface area (Å²) in [6.07, 6.45) is 4.28. The van der Waals surface area contributed by atoms with Gasteiger partial charge in [-0.25, -0.2) is 0 Å². The van der Waals surface area contributed by atoms with Crippen LogP contribution in [0.2, 0.25) is 0 Å². The van der Waals surface area contributed by atoms with E-state index in [0.29, 0.717) is 87.1 Å². The predicted octanol–water partition coefficient (Wildman–Crippen LogP) is 4.93. The van der Waals surface area contributed by atoms with E-state index in [0.717, 1.165) is 35.1 Å². The van der Waals surface area contributed by atoms with Crippen LogP contribution in [0, 0.1) is 0 Å². The molecule has 0 fully saturated rings. The summed E-state index contributed by atoms with van der Waals surface area (Å²) in [7, 11) is 3.23. The largest absolute Gasteiger partial charge is 0.493 e. The third-order valence-corrected chi connectivity index (χ3v) is 7.99. The minimum atomic E-state index is -0.349. The number of carbonyl (C=O) groups is 2. The molecule has 3 aromatic rings. The Kier molecular flexibility index (Phi) is 10.0. The van der Waals surface area contributed by atoms with Gasteiger partial charge in [0.05, 0.1) is 26.9 Å². The summed E-state index contributed by atoms with van der Waals surface area (Å²) in [5.41, 5.74) is 9.71. The number of fused-ring (bicyclic) bond motifs is 8.